The fraction of sp³-hybridized carbons (Fsp3) is 0.571. The minimum Gasteiger partial charge on any atom is -0.483 e. The van der Waals surface area contributed by atoms with E-state index >= 15 is 0 Å². The van der Waals surface area contributed by atoms with Crippen molar-refractivity contribution in [3.05, 3.63) is 46.6 Å². The Balaban J connectivity index is 1.27. The van der Waals surface area contributed by atoms with E-state index in [0.29, 0.717) is 43.9 Å². The number of halogens is 4. The number of pyridine rings is 1. The highest BCUT2D eigenvalue weighted by molar-refractivity contribution is 7.91. The molecule has 5 aliphatic rings. The van der Waals surface area contributed by atoms with Crippen molar-refractivity contribution in [1.29, 1.82) is 0 Å². The predicted octanol–water partition coefficient (Wildman–Crippen LogP) is 4.60. The van der Waals surface area contributed by atoms with Gasteiger partial charge in [-0.3, -0.25) is 19.1 Å². The standard InChI is InChI=1S/C35H39ClF3N5O8S/c1-32(13-14-32)53(50,51)43-30(47)34-16-19(34)7-5-3-2-4-6-8-24(41-31(48)49)29(46)44-18-33(17-25(44)28(45)42-34)12-11-21-22-15-20(36)9-10-23(22)40-27(26(21)52-33)35(37,38)39/h5,7,9-10,15,19,24-25,41H,2-4,6,8,11-14,16-18H2,1H3,(H,42,45)(H,43,47)(H,48,49)/b7-5-/t19-,24+,25+,33-,34-/m1/s1. The first kappa shape index (κ1) is 37.2. The van der Waals surface area contributed by atoms with Gasteiger partial charge in [-0.25, -0.2) is 18.2 Å². The largest absolute Gasteiger partial charge is 0.483 e. The molecule has 4 N–H and O–H groups in total. The summed E-state index contributed by atoms with van der Waals surface area (Å²) >= 11 is 6.20. The van der Waals surface area contributed by atoms with Crippen molar-refractivity contribution in [2.45, 2.75) is 112 Å². The number of benzene rings is 1. The van der Waals surface area contributed by atoms with E-state index in [-0.39, 0.29) is 54.8 Å². The molecule has 4 amide bonds. The maximum atomic E-state index is 14.5. The number of carbonyl (C=O) groups is 4. The van der Waals surface area contributed by atoms with Crippen molar-refractivity contribution in [2.24, 2.45) is 5.92 Å². The minimum absolute atomic E-state index is 0.0424. The van der Waals surface area contributed by atoms with Crippen LogP contribution < -0.4 is 20.1 Å². The van der Waals surface area contributed by atoms with Gasteiger partial charge in [-0.1, -0.05) is 36.6 Å². The lowest BCUT2D eigenvalue weighted by Gasteiger charge is -2.37. The Kier molecular flexibility index (Phi) is 9.14. The number of sulfonamides is 1. The molecule has 0 radical (unpaired) electrons. The number of nitrogens with one attached hydrogen (secondary N) is 3. The van der Waals surface area contributed by atoms with Gasteiger partial charge in [0.15, 0.2) is 11.4 Å². The van der Waals surface area contributed by atoms with Crippen molar-refractivity contribution >= 4 is 56.3 Å². The van der Waals surface area contributed by atoms with Gasteiger partial charge in [-0.2, -0.15) is 13.2 Å². The maximum Gasteiger partial charge on any atom is 0.437 e. The van der Waals surface area contributed by atoms with Crippen LogP contribution in [0.1, 0.15) is 82.4 Å². The summed E-state index contributed by atoms with van der Waals surface area (Å²) in [6.45, 7) is 1.14. The van der Waals surface area contributed by atoms with Gasteiger partial charge < -0.3 is 25.4 Å². The van der Waals surface area contributed by atoms with E-state index in [0.717, 1.165) is 4.90 Å². The number of aromatic nitrogens is 1. The van der Waals surface area contributed by atoms with Crippen LogP contribution in [-0.4, -0.2) is 81.7 Å². The van der Waals surface area contributed by atoms with Crippen LogP contribution in [0.2, 0.25) is 5.02 Å². The molecule has 3 fully saturated rings. The number of rotatable bonds is 4. The summed E-state index contributed by atoms with van der Waals surface area (Å²) in [5.41, 5.74) is -4.22. The number of fused-ring (bicyclic) bond motifs is 5. The Morgan fingerprint density at radius 3 is 2.58 bits per heavy atom. The minimum atomic E-state index is -4.94. The van der Waals surface area contributed by atoms with E-state index < -0.39 is 85.3 Å². The van der Waals surface area contributed by atoms with Crippen LogP contribution in [0.15, 0.2) is 30.4 Å². The van der Waals surface area contributed by atoms with Crippen LogP contribution in [0.4, 0.5) is 18.0 Å². The number of carboxylic acid groups (broad SMARTS) is 1. The lowest BCUT2D eigenvalue weighted by atomic mass is 9.87. The first-order valence-electron chi connectivity index (χ1n) is 17.6. The van der Waals surface area contributed by atoms with E-state index in [2.05, 4.69) is 20.3 Å². The molecule has 2 aliphatic carbocycles. The van der Waals surface area contributed by atoms with E-state index in [9.17, 15) is 45.9 Å². The Bertz CT molecular complexity index is 2040. The Labute approximate surface area is 308 Å². The highest BCUT2D eigenvalue weighted by Gasteiger charge is 2.64. The fourth-order valence-electron chi connectivity index (χ4n) is 7.84. The lowest BCUT2D eigenvalue weighted by Crippen LogP contribution is -2.58. The fourth-order valence-corrected chi connectivity index (χ4v) is 9.33. The summed E-state index contributed by atoms with van der Waals surface area (Å²) in [5.74, 6) is -3.67. The Morgan fingerprint density at radius 2 is 1.89 bits per heavy atom. The molecule has 2 saturated carbocycles. The molecule has 4 heterocycles. The van der Waals surface area contributed by atoms with Gasteiger partial charge in [0.2, 0.25) is 21.8 Å². The molecule has 5 atom stereocenters. The third-order valence-electron chi connectivity index (χ3n) is 11.3. The smallest absolute Gasteiger partial charge is 0.437 e. The van der Waals surface area contributed by atoms with Crippen molar-refractivity contribution in [3.8, 4) is 5.75 Å². The molecule has 3 aliphatic heterocycles. The lowest BCUT2D eigenvalue weighted by molar-refractivity contribution is -0.144. The summed E-state index contributed by atoms with van der Waals surface area (Å²) in [6, 6.07) is 1.60. The molecule has 1 aromatic carbocycles. The van der Waals surface area contributed by atoms with E-state index in [1.54, 1.807) is 6.08 Å². The molecular weight excluding hydrogens is 743 g/mol. The summed E-state index contributed by atoms with van der Waals surface area (Å²) in [4.78, 5) is 59.2. The van der Waals surface area contributed by atoms with Crippen LogP contribution in [0, 0.1) is 5.92 Å². The molecule has 2 aromatic rings. The second-order valence-electron chi connectivity index (χ2n) is 15.1. The van der Waals surface area contributed by atoms with Crippen LogP contribution in [0.25, 0.3) is 10.9 Å². The zero-order valence-corrected chi connectivity index (χ0v) is 30.3. The first-order valence-corrected chi connectivity index (χ1v) is 19.5. The highest BCUT2D eigenvalue weighted by Crippen LogP contribution is 2.50. The van der Waals surface area contributed by atoms with Crippen LogP contribution in [-0.2, 0) is 37.0 Å². The van der Waals surface area contributed by atoms with Crippen molar-refractivity contribution in [3.63, 3.8) is 0 Å². The Hall–Kier alpha value is -4.12. The number of alkyl halides is 3. The molecule has 13 nitrogen and oxygen atoms in total. The molecule has 53 heavy (non-hydrogen) atoms. The van der Waals surface area contributed by atoms with Gasteiger partial charge in [0.1, 0.15) is 23.2 Å². The summed E-state index contributed by atoms with van der Waals surface area (Å²) < 4.78 is 77.1. The van der Waals surface area contributed by atoms with Crippen molar-refractivity contribution in [1.82, 2.24) is 25.2 Å². The number of hydrogen-bond donors (Lipinski definition) is 4. The van der Waals surface area contributed by atoms with Gasteiger partial charge >= 0.3 is 12.3 Å². The predicted molar refractivity (Wildman–Crippen MR) is 184 cm³/mol. The summed E-state index contributed by atoms with van der Waals surface area (Å²) in [5, 5.41) is 15.2. The molecule has 7 rings (SSSR count). The zero-order chi connectivity index (χ0) is 38.1. The van der Waals surface area contributed by atoms with E-state index in [4.69, 9.17) is 16.3 Å². The normalized spacial score (nSPS) is 30.4. The highest BCUT2D eigenvalue weighted by atomic mass is 35.5. The van der Waals surface area contributed by atoms with Gasteiger partial charge in [0.25, 0.3) is 5.91 Å². The topological polar surface area (TPSA) is 184 Å². The van der Waals surface area contributed by atoms with Crippen molar-refractivity contribution < 1.29 is 50.6 Å². The average Bonchev–Trinajstić information content (AvgIpc) is 3.97. The van der Waals surface area contributed by atoms with Gasteiger partial charge in [0, 0.05) is 28.3 Å². The molecule has 1 aromatic heterocycles. The third kappa shape index (κ3) is 6.90. The second kappa shape index (κ2) is 13.0. The quantitative estimate of drug-likeness (QED) is 0.322. The van der Waals surface area contributed by atoms with Crippen LogP contribution in [0.3, 0.4) is 0 Å². The average molecular weight is 782 g/mol. The molecule has 0 unspecified atom stereocenters. The molecule has 286 valence electrons. The van der Waals surface area contributed by atoms with E-state index in [1.807, 2.05) is 6.08 Å². The van der Waals surface area contributed by atoms with E-state index in [1.165, 1.54) is 25.1 Å². The maximum absolute atomic E-state index is 14.5. The number of allylic oxidation sites excluding steroid dienone is 1. The Morgan fingerprint density at radius 1 is 1.13 bits per heavy atom. The summed E-state index contributed by atoms with van der Waals surface area (Å²) in [6.07, 6.45) is 0.227. The molecule has 0 bridgehead atoms. The first-order chi connectivity index (χ1) is 24.9. The number of hydrogen-bond acceptors (Lipinski definition) is 8. The number of amides is 4. The number of nitrogens with zero attached hydrogens (tertiary/aromatic N) is 2. The summed E-state index contributed by atoms with van der Waals surface area (Å²) in [7, 11) is -4.09. The number of aryl methyl sites for hydroxylation is 1. The number of ether oxygens (including phenoxy) is 1. The van der Waals surface area contributed by atoms with Gasteiger partial charge in [-0.15, -0.1) is 0 Å². The van der Waals surface area contributed by atoms with Crippen LogP contribution >= 0.6 is 11.6 Å². The van der Waals surface area contributed by atoms with Crippen LogP contribution in [0.5, 0.6) is 5.75 Å². The van der Waals surface area contributed by atoms with Gasteiger partial charge in [-0.05, 0) is 76.5 Å². The molecular formula is C35H39ClF3N5O8S. The third-order valence-corrected chi connectivity index (χ3v) is 13.7. The van der Waals surface area contributed by atoms with Gasteiger partial charge in [0.05, 0.1) is 16.8 Å². The molecule has 18 heteroatoms. The van der Waals surface area contributed by atoms with Crippen molar-refractivity contribution in [2.75, 3.05) is 6.54 Å². The SMILES string of the molecule is CC1(S(=O)(=O)NC(=O)[C@@]23C[C@H]2/C=C\CCCCC[C@H](NC(=O)O)C(=O)N2C[C@@]4(CCc5c(c(C(F)(F)F)nc6ccc(Cl)cc56)O4)C[C@H]2C(=O)N3)CC1. The molecule has 1 saturated heterocycles. The number of carbonyl (C=O) groups excluding carboxylic acids is 3. The molecule has 1 spiro atoms. The monoisotopic (exact) mass is 781 g/mol. The second-order valence-corrected chi connectivity index (χ2v) is 17.8. The zero-order valence-electron chi connectivity index (χ0n) is 28.7.